The second-order valence-electron chi connectivity index (χ2n) is 2.74. The van der Waals surface area contributed by atoms with E-state index in [2.05, 4.69) is 10.1 Å². The predicted octanol–water partition coefficient (Wildman–Crippen LogP) is 1.75. The molecular formula is C9H20ClNO2. The molecule has 0 aromatic heterocycles. The molecule has 0 saturated carbocycles. The zero-order chi connectivity index (χ0) is 9.23. The number of rotatable bonds is 1. The zero-order valence-electron chi connectivity index (χ0n) is 8.47. The molecule has 0 spiro atoms. The molecular weight excluding hydrogens is 190 g/mol. The van der Waals surface area contributed by atoms with E-state index in [1.165, 1.54) is 39.3 Å². The van der Waals surface area contributed by atoms with Gasteiger partial charge >= 0.3 is 5.97 Å². The minimum Gasteiger partial charge on any atom is -0.466 e. The summed E-state index contributed by atoms with van der Waals surface area (Å²) < 4.78 is 4.40. The van der Waals surface area contributed by atoms with Gasteiger partial charge in [0.1, 0.15) is 0 Å². The second kappa shape index (κ2) is 11.7. The quantitative estimate of drug-likeness (QED) is 0.669. The van der Waals surface area contributed by atoms with Crippen LogP contribution in [0.3, 0.4) is 0 Å². The maximum atomic E-state index is 9.82. The molecule has 4 heteroatoms. The van der Waals surface area contributed by atoms with Crippen molar-refractivity contribution in [3.8, 4) is 0 Å². The molecule has 1 rings (SSSR count). The second-order valence-corrected chi connectivity index (χ2v) is 2.74. The van der Waals surface area contributed by atoms with Gasteiger partial charge in [0.05, 0.1) is 6.61 Å². The molecule has 1 saturated heterocycles. The van der Waals surface area contributed by atoms with E-state index in [0.717, 1.165) is 0 Å². The smallest absolute Gasteiger partial charge is 0.302 e. The van der Waals surface area contributed by atoms with Crippen molar-refractivity contribution >= 4 is 18.4 Å². The molecule has 3 nitrogen and oxygen atoms in total. The average Bonchev–Trinajstić information content (AvgIpc) is 2.08. The van der Waals surface area contributed by atoms with Crippen molar-refractivity contribution in [3.05, 3.63) is 0 Å². The number of halogens is 1. The van der Waals surface area contributed by atoms with Crippen molar-refractivity contribution in [2.45, 2.75) is 33.1 Å². The van der Waals surface area contributed by atoms with Crippen LogP contribution in [0.15, 0.2) is 0 Å². The van der Waals surface area contributed by atoms with Gasteiger partial charge in [-0.2, -0.15) is 0 Å². The Hall–Kier alpha value is -0.280. The number of hydrogen-bond donors (Lipinski definition) is 1. The standard InChI is InChI=1S/C5H11N.C4H8O2.ClH/c1-2-4-6-5-3-1;1-3-6-4(2)5;/h6H,1-5H2;3H2,1-2H3;1H. The van der Waals surface area contributed by atoms with E-state index in [1.807, 2.05) is 0 Å². The van der Waals surface area contributed by atoms with Gasteiger partial charge in [-0.25, -0.2) is 0 Å². The summed E-state index contributed by atoms with van der Waals surface area (Å²) in [6.45, 7) is 6.15. The summed E-state index contributed by atoms with van der Waals surface area (Å²) in [5.74, 6) is -0.211. The van der Waals surface area contributed by atoms with E-state index in [0.29, 0.717) is 6.61 Å². The Balaban J connectivity index is 0. The summed E-state index contributed by atoms with van der Waals surface area (Å²) >= 11 is 0. The van der Waals surface area contributed by atoms with Crippen molar-refractivity contribution in [3.63, 3.8) is 0 Å². The van der Waals surface area contributed by atoms with Crippen molar-refractivity contribution in [1.82, 2.24) is 5.32 Å². The Morgan fingerprint density at radius 3 is 1.92 bits per heavy atom. The molecule has 1 aliphatic heterocycles. The third kappa shape index (κ3) is 14.6. The van der Waals surface area contributed by atoms with Gasteiger partial charge in [-0.3, -0.25) is 4.79 Å². The molecule has 0 aromatic carbocycles. The number of esters is 1. The van der Waals surface area contributed by atoms with Crippen LogP contribution in [0.4, 0.5) is 0 Å². The monoisotopic (exact) mass is 209 g/mol. The molecule has 1 fully saturated rings. The third-order valence-electron chi connectivity index (χ3n) is 1.55. The van der Waals surface area contributed by atoms with Crippen molar-refractivity contribution in [1.29, 1.82) is 0 Å². The SMILES string of the molecule is C1CCNCC1.CCOC(C)=O.Cl. The van der Waals surface area contributed by atoms with Crippen LogP contribution in [0.1, 0.15) is 33.1 Å². The van der Waals surface area contributed by atoms with Crippen LogP contribution in [0.25, 0.3) is 0 Å². The number of piperidine rings is 1. The maximum Gasteiger partial charge on any atom is 0.302 e. The fourth-order valence-electron chi connectivity index (χ4n) is 1.01. The molecule has 0 unspecified atom stereocenters. The first-order chi connectivity index (χ1) is 5.77. The van der Waals surface area contributed by atoms with Gasteiger partial charge in [-0.05, 0) is 32.9 Å². The summed E-state index contributed by atoms with van der Waals surface area (Å²) in [6.07, 6.45) is 4.22. The van der Waals surface area contributed by atoms with Gasteiger partial charge in [0.2, 0.25) is 0 Å². The molecule has 0 atom stereocenters. The molecule has 1 aliphatic rings. The van der Waals surface area contributed by atoms with E-state index in [1.54, 1.807) is 6.92 Å². The van der Waals surface area contributed by atoms with Gasteiger partial charge in [-0.1, -0.05) is 6.42 Å². The van der Waals surface area contributed by atoms with Crippen molar-refractivity contribution < 1.29 is 9.53 Å². The van der Waals surface area contributed by atoms with Crippen LogP contribution in [0.5, 0.6) is 0 Å². The Labute approximate surface area is 86.6 Å². The van der Waals surface area contributed by atoms with Crippen LogP contribution in [-0.4, -0.2) is 25.7 Å². The normalized spacial score (nSPS) is 14.6. The number of hydrogen-bond acceptors (Lipinski definition) is 3. The van der Waals surface area contributed by atoms with Gasteiger partial charge in [-0.15, -0.1) is 12.4 Å². The highest BCUT2D eigenvalue weighted by molar-refractivity contribution is 5.85. The van der Waals surface area contributed by atoms with Crippen LogP contribution in [-0.2, 0) is 9.53 Å². The molecule has 0 bridgehead atoms. The first-order valence-corrected chi connectivity index (χ1v) is 4.61. The van der Waals surface area contributed by atoms with E-state index < -0.39 is 0 Å². The fraction of sp³-hybridized carbons (Fsp3) is 0.889. The molecule has 1 N–H and O–H groups in total. The lowest BCUT2D eigenvalue weighted by molar-refractivity contribution is -0.140. The van der Waals surface area contributed by atoms with Crippen LogP contribution in [0.2, 0.25) is 0 Å². The molecule has 0 amide bonds. The summed E-state index contributed by atoms with van der Waals surface area (Å²) in [7, 11) is 0. The molecule has 0 aromatic rings. The lowest BCUT2D eigenvalue weighted by Crippen LogP contribution is -2.21. The molecule has 0 aliphatic carbocycles. The summed E-state index contributed by atoms with van der Waals surface area (Å²) in [4.78, 5) is 9.82. The lowest BCUT2D eigenvalue weighted by atomic mass is 10.2. The first-order valence-electron chi connectivity index (χ1n) is 4.61. The highest BCUT2D eigenvalue weighted by Crippen LogP contribution is 1.96. The average molecular weight is 210 g/mol. The van der Waals surface area contributed by atoms with Gasteiger partial charge in [0.25, 0.3) is 0 Å². The Bertz CT molecular complexity index is 105. The van der Waals surface area contributed by atoms with E-state index in [-0.39, 0.29) is 18.4 Å². The predicted molar refractivity (Wildman–Crippen MR) is 56.3 cm³/mol. The number of nitrogens with one attached hydrogen (secondary N) is 1. The number of ether oxygens (including phenoxy) is 1. The topological polar surface area (TPSA) is 38.3 Å². The van der Waals surface area contributed by atoms with Gasteiger partial charge in [0.15, 0.2) is 0 Å². The van der Waals surface area contributed by atoms with Crippen LogP contribution >= 0.6 is 12.4 Å². The molecule has 13 heavy (non-hydrogen) atoms. The van der Waals surface area contributed by atoms with E-state index in [4.69, 9.17) is 0 Å². The maximum absolute atomic E-state index is 9.82. The fourth-order valence-corrected chi connectivity index (χ4v) is 1.01. The first kappa shape index (κ1) is 15.2. The summed E-state index contributed by atoms with van der Waals surface area (Å²) in [5, 5.41) is 3.28. The summed E-state index contributed by atoms with van der Waals surface area (Å²) in [5.41, 5.74) is 0. The van der Waals surface area contributed by atoms with Crippen molar-refractivity contribution in [2.75, 3.05) is 19.7 Å². The van der Waals surface area contributed by atoms with E-state index >= 15 is 0 Å². The largest absolute Gasteiger partial charge is 0.466 e. The summed E-state index contributed by atoms with van der Waals surface area (Å²) in [6, 6.07) is 0. The molecule has 80 valence electrons. The van der Waals surface area contributed by atoms with Gasteiger partial charge < -0.3 is 10.1 Å². The third-order valence-corrected chi connectivity index (χ3v) is 1.55. The van der Waals surface area contributed by atoms with Crippen LogP contribution < -0.4 is 5.32 Å². The van der Waals surface area contributed by atoms with E-state index in [9.17, 15) is 4.79 Å². The number of carbonyl (C=O) groups excluding carboxylic acids is 1. The minimum absolute atomic E-state index is 0. The lowest BCUT2D eigenvalue weighted by Gasteiger charge is -2.08. The zero-order valence-corrected chi connectivity index (χ0v) is 9.28. The van der Waals surface area contributed by atoms with Crippen molar-refractivity contribution in [2.24, 2.45) is 0 Å². The van der Waals surface area contributed by atoms with Crippen LogP contribution in [0, 0.1) is 0 Å². The minimum atomic E-state index is -0.211. The Morgan fingerprint density at radius 2 is 1.85 bits per heavy atom. The molecule has 1 heterocycles. The number of carbonyl (C=O) groups is 1. The highest BCUT2D eigenvalue weighted by Gasteiger charge is 1.93. The highest BCUT2D eigenvalue weighted by atomic mass is 35.5. The Kier molecular flexibility index (Phi) is 13.7. The Morgan fingerprint density at radius 1 is 1.31 bits per heavy atom. The van der Waals surface area contributed by atoms with Gasteiger partial charge in [0, 0.05) is 6.92 Å². The molecule has 0 radical (unpaired) electrons.